The average Bonchev–Trinajstić information content (AvgIpc) is 2.46. The van der Waals surface area contributed by atoms with Crippen molar-refractivity contribution < 1.29 is 9.53 Å². The highest BCUT2D eigenvalue weighted by Gasteiger charge is 2.20. The number of rotatable bonds is 5. The van der Waals surface area contributed by atoms with E-state index in [0.29, 0.717) is 10.9 Å². The first-order valence-electron chi connectivity index (χ1n) is 7.36. The van der Waals surface area contributed by atoms with Crippen LogP contribution in [0.3, 0.4) is 0 Å². The molecule has 0 bridgehead atoms. The highest BCUT2D eigenvalue weighted by atomic mass is 32.1. The van der Waals surface area contributed by atoms with E-state index in [1.165, 1.54) is 12.8 Å². The fourth-order valence-electron chi connectivity index (χ4n) is 2.64. The van der Waals surface area contributed by atoms with E-state index < -0.39 is 0 Å². The summed E-state index contributed by atoms with van der Waals surface area (Å²) in [6.07, 6.45) is 4.78. The number of amides is 1. The molecule has 0 aromatic heterocycles. The van der Waals surface area contributed by atoms with Crippen LogP contribution in [0.25, 0.3) is 0 Å². The van der Waals surface area contributed by atoms with Gasteiger partial charge in [0, 0.05) is 11.3 Å². The Kier molecular flexibility index (Phi) is 5.70. The fraction of sp³-hybridized carbons (Fsp3) is 0.500. The second-order valence-corrected chi connectivity index (χ2v) is 6.13. The minimum Gasteiger partial charge on any atom is -0.389 e. The van der Waals surface area contributed by atoms with Gasteiger partial charge in [-0.25, -0.2) is 0 Å². The molecule has 2 rings (SSSR count). The van der Waals surface area contributed by atoms with Crippen molar-refractivity contribution in [2.45, 2.75) is 38.7 Å². The molecule has 1 saturated carbocycles. The van der Waals surface area contributed by atoms with Gasteiger partial charge in [-0.1, -0.05) is 32.0 Å². The molecule has 114 valence electrons. The molecule has 2 unspecified atom stereocenters. The van der Waals surface area contributed by atoms with Gasteiger partial charge < -0.3 is 15.8 Å². The molecule has 1 fully saturated rings. The van der Waals surface area contributed by atoms with Crippen molar-refractivity contribution >= 4 is 28.8 Å². The SMILES string of the molecule is CC1CCCC(OCC(=O)Nc2ccc(C(N)=S)cc2)C1. The molecule has 1 aromatic carbocycles. The number of thiocarbonyl (C=S) groups is 1. The Morgan fingerprint density at radius 2 is 2.10 bits per heavy atom. The molecule has 1 aromatic rings. The smallest absolute Gasteiger partial charge is 0.250 e. The molecule has 0 spiro atoms. The zero-order chi connectivity index (χ0) is 15.2. The van der Waals surface area contributed by atoms with Gasteiger partial charge in [0.25, 0.3) is 0 Å². The Bertz CT molecular complexity index is 502. The Labute approximate surface area is 131 Å². The molecule has 0 saturated heterocycles. The third kappa shape index (κ3) is 5.10. The zero-order valence-electron chi connectivity index (χ0n) is 12.3. The number of carbonyl (C=O) groups is 1. The zero-order valence-corrected chi connectivity index (χ0v) is 13.1. The van der Waals surface area contributed by atoms with Gasteiger partial charge in [-0.3, -0.25) is 4.79 Å². The van der Waals surface area contributed by atoms with Crippen LogP contribution in [-0.2, 0) is 9.53 Å². The Morgan fingerprint density at radius 1 is 1.38 bits per heavy atom. The number of benzene rings is 1. The molecule has 0 heterocycles. The molecule has 2 atom stereocenters. The largest absolute Gasteiger partial charge is 0.389 e. The normalized spacial score (nSPS) is 21.8. The summed E-state index contributed by atoms with van der Waals surface area (Å²) in [6.45, 7) is 2.34. The van der Waals surface area contributed by atoms with Gasteiger partial charge in [-0.15, -0.1) is 0 Å². The molecule has 3 N–H and O–H groups in total. The van der Waals surface area contributed by atoms with Crippen LogP contribution in [0.5, 0.6) is 0 Å². The van der Waals surface area contributed by atoms with Gasteiger partial charge in [0.2, 0.25) is 5.91 Å². The number of hydrogen-bond donors (Lipinski definition) is 2. The van der Waals surface area contributed by atoms with E-state index in [9.17, 15) is 4.79 Å². The van der Waals surface area contributed by atoms with Gasteiger partial charge >= 0.3 is 0 Å². The van der Waals surface area contributed by atoms with E-state index in [1.54, 1.807) is 24.3 Å². The lowest BCUT2D eigenvalue weighted by molar-refractivity contribution is -0.123. The van der Waals surface area contributed by atoms with E-state index in [1.807, 2.05) is 0 Å². The molecule has 1 amide bonds. The summed E-state index contributed by atoms with van der Waals surface area (Å²) < 4.78 is 5.70. The molecule has 5 heteroatoms. The lowest BCUT2D eigenvalue weighted by atomic mass is 9.89. The molecule has 21 heavy (non-hydrogen) atoms. The third-order valence-corrected chi connectivity index (χ3v) is 4.03. The number of nitrogens with one attached hydrogen (secondary N) is 1. The standard InChI is InChI=1S/C16H22N2O2S/c1-11-3-2-4-14(9-11)20-10-15(19)18-13-7-5-12(6-8-13)16(17)21/h5-8,11,14H,2-4,9-10H2,1H3,(H2,17,21)(H,18,19). The first kappa shape index (κ1) is 15.9. The summed E-state index contributed by atoms with van der Waals surface area (Å²) in [7, 11) is 0. The van der Waals surface area contributed by atoms with Gasteiger partial charge in [-0.05, 0) is 43.0 Å². The first-order chi connectivity index (χ1) is 10.0. The van der Waals surface area contributed by atoms with Gasteiger partial charge in [0.05, 0.1) is 6.10 Å². The monoisotopic (exact) mass is 306 g/mol. The number of anilines is 1. The highest BCUT2D eigenvalue weighted by molar-refractivity contribution is 7.80. The number of carbonyl (C=O) groups excluding carboxylic acids is 1. The number of nitrogens with two attached hydrogens (primary N) is 1. The summed E-state index contributed by atoms with van der Waals surface area (Å²) in [4.78, 5) is 12.2. The van der Waals surface area contributed by atoms with Gasteiger partial charge in [0.15, 0.2) is 0 Å². The van der Waals surface area contributed by atoms with Crippen molar-refractivity contribution in [1.29, 1.82) is 0 Å². The van der Waals surface area contributed by atoms with E-state index in [0.717, 1.165) is 24.1 Å². The maximum Gasteiger partial charge on any atom is 0.250 e. The van der Waals surface area contributed by atoms with Crippen molar-refractivity contribution in [3.63, 3.8) is 0 Å². The maximum absolute atomic E-state index is 11.9. The van der Waals surface area contributed by atoms with Gasteiger partial charge in [0.1, 0.15) is 11.6 Å². The minimum atomic E-state index is -0.128. The quantitative estimate of drug-likeness (QED) is 0.821. The van der Waals surface area contributed by atoms with Crippen LogP contribution in [-0.4, -0.2) is 23.6 Å². The molecule has 0 radical (unpaired) electrons. The summed E-state index contributed by atoms with van der Waals surface area (Å²) >= 11 is 4.89. The summed E-state index contributed by atoms with van der Waals surface area (Å²) in [5, 5.41) is 2.81. The van der Waals surface area contributed by atoms with E-state index in [2.05, 4.69) is 12.2 Å². The highest BCUT2D eigenvalue weighted by Crippen LogP contribution is 2.25. The average molecular weight is 306 g/mol. The Morgan fingerprint density at radius 3 is 2.71 bits per heavy atom. The van der Waals surface area contributed by atoms with E-state index >= 15 is 0 Å². The lowest BCUT2D eigenvalue weighted by Crippen LogP contribution is -2.27. The minimum absolute atomic E-state index is 0.106. The second kappa shape index (κ2) is 7.52. The molecular formula is C16H22N2O2S. The molecule has 4 nitrogen and oxygen atoms in total. The van der Waals surface area contributed by atoms with Crippen LogP contribution in [0.15, 0.2) is 24.3 Å². The van der Waals surface area contributed by atoms with Crippen LogP contribution in [0.4, 0.5) is 5.69 Å². The van der Waals surface area contributed by atoms with Crippen molar-refractivity contribution in [3.8, 4) is 0 Å². The third-order valence-electron chi connectivity index (χ3n) is 3.79. The molecule has 0 aliphatic heterocycles. The van der Waals surface area contributed by atoms with Crippen LogP contribution < -0.4 is 11.1 Å². The van der Waals surface area contributed by atoms with Crippen molar-refractivity contribution in [1.82, 2.24) is 0 Å². The fourth-order valence-corrected chi connectivity index (χ4v) is 2.77. The summed E-state index contributed by atoms with van der Waals surface area (Å²) in [5.74, 6) is 0.566. The Balaban J connectivity index is 1.77. The van der Waals surface area contributed by atoms with Crippen LogP contribution in [0.2, 0.25) is 0 Å². The second-order valence-electron chi connectivity index (χ2n) is 5.69. The van der Waals surface area contributed by atoms with Crippen LogP contribution >= 0.6 is 12.2 Å². The molecule has 1 aliphatic carbocycles. The summed E-state index contributed by atoms with van der Waals surface area (Å²) in [5.41, 5.74) is 7.04. The van der Waals surface area contributed by atoms with Crippen LogP contribution in [0.1, 0.15) is 38.2 Å². The van der Waals surface area contributed by atoms with Crippen molar-refractivity contribution in [2.75, 3.05) is 11.9 Å². The number of hydrogen-bond acceptors (Lipinski definition) is 3. The van der Waals surface area contributed by atoms with Crippen molar-refractivity contribution in [2.24, 2.45) is 11.7 Å². The predicted molar refractivity (Wildman–Crippen MR) is 88.3 cm³/mol. The molecule has 1 aliphatic rings. The molecular weight excluding hydrogens is 284 g/mol. The number of ether oxygens (including phenoxy) is 1. The van der Waals surface area contributed by atoms with Gasteiger partial charge in [-0.2, -0.15) is 0 Å². The van der Waals surface area contributed by atoms with E-state index in [-0.39, 0.29) is 18.6 Å². The lowest BCUT2D eigenvalue weighted by Gasteiger charge is -2.26. The Hall–Kier alpha value is -1.46. The topological polar surface area (TPSA) is 64.3 Å². The summed E-state index contributed by atoms with van der Waals surface area (Å²) in [6, 6.07) is 7.16. The van der Waals surface area contributed by atoms with E-state index in [4.69, 9.17) is 22.7 Å². The maximum atomic E-state index is 11.9. The first-order valence-corrected chi connectivity index (χ1v) is 7.76. The van der Waals surface area contributed by atoms with Crippen LogP contribution in [0, 0.1) is 5.92 Å². The predicted octanol–water partition coefficient (Wildman–Crippen LogP) is 2.85. The van der Waals surface area contributed by atoms with Crippen molar-refractivity contribution in [3.05, 3.63) is 29.8 Å².